The largest absolute Gasteiger partial charge is 0.399 e. The summed E-state index contributed by atoms with van der Waals surface area (Å²) in [6, 6.07) is 8.89. The third kappa shape index (κ3) is 2.44. The van der Waals surface area contributed by atoms with Gasteiger partial charge in [0.15, 0.2) is 0 Å². The highest BCUT2D eigenvalue weighted by Gasteiger charge is 2.16. The molecule has 1 fully saturated rings. The lowest BCUT2D eigenvalue weighted by Gasteiger charge is -2.29. The third-order valence-electron chi connectivity index (χ3n) is 3.25. The molecule has 1 aliphatic rings. The van der Waals surface area contributed by atoms with Crippen LogP contribution in [0.5, 0.6) is 0 Å². The van der Waals surface area contributed by atoms with Crippen LogP contribution < -0.4 is 10.6 Å². The van der Waals surface area contributed by atoms with E-state index in [1.54, 1.807) is 0 Å². The van der Waals surface area contributed by atoms with E-state index < -0.39 is 0 Å². The molecule has 82 valence electrons. The van der Waals surface area contributed by atoms with Crippen LogP contribution in [0.15, 0.2) is 24.3 Å². The van der Waals surface area contributed by atoms with Crippen LogP contribution in [0.4, 0.5) is 11.4 Å². The molecule has 1 atom stereocenters. The molecular formula is C13H20N2. The summed E-state index contributed by atoms with van der Waals surface area (Å²) in [6.45, 7) is 3.49. The Morgan fingerprint density at radius 1 is 1.27 bits per heavy atom. The molecule has 0 saturated carbocycles. The number of nitrogen functional groups attached to an aromatic ring is 1. The highest BCUT2D eigenvalue weighted by atomic mass is 15.2. The van der Waals surface area contributed by atoms with Gasteiger partial charge < -0.3 is 10.6 Å². The molecule has 0 radical (unpaired) electrons. The minimum Gasteiger partial charge on any atom is -0.399 e. The van der Waals surface area contributed by atoms with Gasteiger partial charge in [-0.2, -0.15) is 0 Å². The lowest BCUT2D eigenvalue weighted by molar-refractivity contribution is 0.616. The van der Waals surface area contributed by atoms with Crippen molar-refractivity contribution < 1.29 is 0 Å². The Bertz CT molecular complexity index is 322. The first-order valence-corrected chi connectivity index (χ1v) is 5.89. The highest BCUT2D eigenvalue weighted by Crippen LogP contribution is 2.25. The number of rotatable bonds is 1. The molecule has 2 N–H and O–H groups in total. The van der Waals surface area contributed by atoms with Crippen LogP contribution in [0.3, 0.4) is 0 Å². The van der Waals surface area contributed by atoms with E-state index in [1.807, 2.05) is 12.1 Å². The zero-order chi connectivity index (χ0) is 10.7. The molecule has 15 heavy (non-hydrogen) atoms. The summed E-state index contributed by atoms with van der Waals surface area (Å²) in [7, 11) is 0. The standard InChI is InChI=1S/C13H20N2/c1-11-6-3-2-4-9-15(11)13-8-5-7-12(14)10-13/h5,7-8,10-11H,2-4,6,9,14H2,1H3. The lowest BCUT2D eigenvalue weighted by Crippen LogP contribution is -2.32. The smallest absolute Gasteiger partial charge is 0.0389 e. The maximum atomic E-state index is 5.82. The average Bonchev–Trinajstić information content (AvgIpc) is 2.43. The van der Waals surface area contributed by atoms with Gasteiger partial charge in [0.2, 0.25) is 0 Å². The van der Waals surface area contributed by atoms with Crippen LogP contribution in [0.1, 0.15) is 32.6 Å². The van der Waals surface area contributed by atoms with Crippen molar-refractivity contribution in [3.8, 4) is 0 Å². The van der Waals surface area contributed by atoms with E-state index in [0.717, 1.165) is 5.69 Å². The molecule has 1 heterocycles. The van der Waals surface area contributed by atoms with Gasteiger partial charge in [0.25, 0.3) is 0 Å². The van der Waals surface area contributed by atoms with Crippen LogP contribution in [0, 0.1) is 0 Å². The molecule has 0 aromatic heterocycles. The summed E-state index contributed by atoms with van der Waals surface area (Å²) in [5.41, 5.74) is 7.97. The van der Waals surface area contributed by atoms with Gasteiger partial charge >= 0.3 is 0 Å². The molecule has 2 rings (SSSR count). The number of anilines is 2. The van der Waals surface area contributed by atoms with E-state index in [4.69, 9.17) is 5.73 Å². The second-order valence-corrected chi connectivity index (χ2v) is 4.49. The van der Waals surface area contributed by atoms with Crippen molar-refractivity contribution in [2.45, 2.75) is 38.6 Å². The van der Waals surface area contributed by atoms with Crippen molar-refractivity contribution in [3.05, 3.63) is 24.3 Å². The van der Waals surface area contributed by atoms with Crippen molar-refractivity contribution in [1.29, 1.82) is 0 Å². The molecule has 1 unspecified atom stereocenters. The summed E-state index contributed by atoms with van der Waals surface area (Å²) in [5.74, 6) is 0. The summed E-state index contributed by atoms with van der Waals surface area (Å²) < 4.78 is 0. The van der Waals surface area contributed by atoms with Crippen molar-refractivity contribution in [3.63, 3.8) is 0 Å². The molecule has 1 aromatic rings. The Morgan fingerprint density at radius 3 is 2.93 bits per heavy atom. The molecule has 0 spiro atoms. The van der Waals surface area contributed by atoms with E-state index in [-0.39, 0.29) is 0 Å². The number of nitrogens with zero attached hydrogens (tertiary/aromatic N) is 1. The molecule has 0 bridgehead atoms. The van der Waals surface area contributed by atoms with Crippen LogP contribution in [-0.4, -0.2) is 12.6 Å². The van der Waals surface area contributed by atoms with E-state index in [9.17, 15) is 0 Å². The second kappa shape index (κ2) is 4.56. The maximum absolute atomic E-state index is 5.82. The van der Waals surface area contributed by atoms with E-state index in [1.165, 1.54) is 37.9 Å². The molecule has 0 aliphatic carbocycles. The van der Waals surface area contributed by atoms with Crippen LogP contribution in [-0.2, 0) is 0 Å². The van der Waals surface area contributed by atoms with Crippen LogP contribution >= 0.6 is 0 Å². The van der Waals surface area contributed by atoms with E-state index in [0.29, 0.717) is 6.04 Å². The van der Waals surface area contributed by atoms with Gasteiger partial charge in [-0.1, -0.05) is 18.9 Å². The molecule has 1 aliphatic heterocycles. The first-order valence-electron chi connectivity index (χ1n) is 5.89. The van der Waals surface area contributed by atoms with Gasteiger partial charge in [-0.05, 0) is 38.0 Å². The molecule has 1 saturated heterocycles. The fourth-order valence-electron chi connectivity index (χ4n) is 2.36. The predicted molar refractivity (Wildman–Crippen MR) is 66.1 cm³/mol. The highest BCUT2D eigenvalue weighted by molar-refractivity contribution is 5.56. The quantitative estimate of drug-likeness (QED) is 0.712. The van der Waals surface area contributed by atoms with Gasteiger partial charge in [0.1, 0.15) is 0 Å². The number of hydrogen-bond acceptors (Lipinski definition) is 2. The number of benzene rings is 1. The molecule has 1 aromatic carbocycles. The van der Waals surface area contributed by atoms with Crippen molar-refractivity contribution in [2.24, 2.45) is 0 Å². The Hall–Kier alpha value is -1.18. The maximum Gasteiger partial charge on any atom is 0.0389 e. The van der Waals surface area contributed by atoms with E-state index >= 15 is 0 Å². The van der Waals surface area contributed by atoms with Gasteiger partial charge in [-0.25, -0.2) is 0 Å². The average molecular weight is 204 g/mol. The third-order valence-corrected chi connectivity index (χ3v) is 3.25. The molecule has 2 heteroatoms. The van der Waals surface area contributed by atoms with Gasteiger partial charge in [0, 0.05) is 24.0 Å². The summed E-state index contributed by atoms with van der Waals surface area (Å²) >= 11 is 0. The van der Waals surface area contributed by atoms with Crippen molar-refractivity contribution >= 4 is 11.4 Å². The zero-order valence-electron chi connectivity index (χ0n) is 9.45. The Morgan fingerprint density at radius 2 is 2.13 bits per heavy atom. The number of nitrogens with two attached hydrogens (primary N) is 1. The Kier molecular flexibility index (Phi) is 3.14. The first kappa shape index (κ1) is 10.3. The normalized spacial score (nSPS) is 22.5. The van der Waals surface area contributed by atoms with Gasteiger partial charge in [-0.15, -0.1) is 0 Å². The fourth-order valence-corrected chi connectivity index (χ4v) is 2.36. The summed E-state index contributed by atoms with van der Waals surface area (Å²) in [4.78, 5) is 2.49. The Labute approximate surface area is 92.1 Å². The molecule has 2 nitrogen and oxygen atoms in total. The lowest BCUT2D eigenvalue weighted by atomic mass is 10.1. The first-order chi connectivity index (χ1) is 7.27. The zero-order valence-corrected chi connectivity index (χ0v) is 9.45. The van der Waals surface area contributed by atoms with Crippen molar-refractivity contribution in [2.75, 3.05) is 17.2 Å². The number of hydrogen-bond donors (Lipinski definition) is 1. The summed E-state index contributed by atoms with van der Waals surface area (Å²) in [6.07, 6.45) is 5.33. The molecule has 0 amide bonds. The topological polar surface area (TPSA) is 29.3 Å². The minimum atomic E-state index is 0.648. The second-order valence-electron chi connectivity index (χ2n) is 4.49. The minimum absolute atomic E-state index is 0.648. The monoisotopic (exact) mass is 204 g/mol. The Balaban J connectivity index is 2.20. The van der Waals surface area contributed by atoms with Crippen LogP contribution in [0.2, 0.25) is 0 Å². The van der Waals surface area contributed by atoms with Crippen LogP contribution in [0.25, 0.3) is 0 Å². The van der Waals surface area contributed by atoms with Crippen molar-refractivity contribution in [1.82, 2.24) is 0 Å². The summed E-state index contributed by atoms with van der Waals surface area (Å²) in [5, 5.41) is 0. The SMILES string of the molecule is CC1CCCCCN1c1cccc(N)c1. The molecular weight excluding hydrogens is 184 g/mol. The van der Waals surface area contributed by atoms with E-state index in [2.05, 4.69) is 24.0 Å². The predicted octanol–water partition coefficient (Wildman–Crippen LogP) is 3.04. The fraction of sp³-hybridized carbons (Fsp3) is 0.538. The van der Waals surface area contributed by atoms with Gasteiger partial charge in [0.05, 0.1) is 0 Å². The van der Waals surface area contributed by atoms with Gasteiger partial charge in [-0.3, -0.25) is 0 Å².